The predicted octanol–water partition coefficient (Wildman–Crippen LogP) is 9.85. The molecule has 376 valence electrons. The maximum absolute atomic E-state index is 12.0. The van der Waals surface area contributed by atoms with E-state index < -0.39 is 34.1 Å². The molecule has 11 atom stereocenters. The molecule has 5 aliphatic rings. The summed E-state index contributed by atoms with van der Waals surface area (Å²) in [5.74, 6) is 0.119. The van der Waals surface area contributed by atoms with E-state index in [0.29, 0.717) is 52.9 Å². The number of fused-ring (bicyclic) bond motifs is 4. The highest BCUT2D eigenvalue weighted by molar-refractivity contribution is 7.71. The third-order valence-corrected chi connectivity index (χ3v) is 18.4. The van der Waals surface area contributed by atoms with Crippen molar-refractivity contribution >= 4 is 41.5 Å². The summed E-state index contributed by atoms with van der Waals surface area (Å²) < 4.78 is 64.9. The third kappa shape index (κ3) is 13.6. The third-order valence-electron chi connectivity index (χ3n) is 13.3. The Balaban J connectivity index is 0.000000278. The van der Waals surface area contributed by atoms with Crippen molar-refractivity contribution in [1.82, 2.24) is 28.4 Å². The Bertz CT molecular complexity index is 2370. The fraction of sp³-hybridized carbons (Fsp3) is 0.787. The number of hydrogen-bond acceptors (Lipinski definition) is 12. The molecule has 2 heterocycles. The molecular formula is C47H78N8O8P2S2. The monoisotopic (exact) mass is 1010 g/mol. The smallest absolute Gasteiger partial charge is 0.260 e. The number of aliphatic hydroxyl groups is 2. The SMILES string of the molecule is [2H][C@H]1CC[C@]2(OP(OCC[N+]#[C-])N(C(C)C)C(C)C)C[C@H](n3cc(C)c(=O)[nH]c3=S)C[C@H]12.[2H][C@]12C[C@H]1C[C@]1(OP(OCC[N+]#[C-])N(C(C)C)C(C)C)C[C@H](n3cc(C)c(=O)[nH]c3=S)C[C@@H]12.[3H]OC.[3H]OC. The molecule has 5 fully saturated rings. The van der Waals surface area contributed by atoms with Gasteiger partial charge in [0, 0.05) is 76.7 Å². The zero-order chi connectivity index (χ0) is 53.2. The van der Waals surface area contributed by atoms with Crippen LogP contribution in [-0.4, -0.2) is 117 Å². The van der Waals surface area contributed by atoms with Crippen LogP contribution in [0.15, 0.2) is 22.0 Å². The van der Waals surface area contributed by atoms with Gasteiger partial charge >= 0.3 is 0 Å². The van der Waals surface area contributed by atoms with Gasteiger partial charge in [-0.3, -0.25) is 19.6 Å². The topological polar surface area (TPSA) is 168 Å². The molecule has 0 bridgehead atoms. The van der Waals surface area contributed by atoms with Gasteiger partial charge in [0.05, 0.1) is 11.2 Å². The van der Waals surface area contributed by atoms with Crippen LogP contribution in [0, 0.1) is 60.2 Å². The summed E-state index contributed by atoms with van der Waals surface area (Å²) in [6.07, 6.45) is 10.0. The minimum absolute atomic E-state index is 0.0721. The van der Waals surface area contributed by atoms with Gasteiger partial charge in [-0.2, -0.15) is 0 Å². The minimum atomic E-state index is -1.38. The minimum Gasteiger partial charge on any atom is -0.400 e. The average Bonchev–Trinajstić information content (AvgIpc) is 3.57. The molecule has 16 nitrogen and oxygen atoms in total. The molecule has 0 saturated heterocycles. The molecule has 0 aliphatic heterocycles. The van der Waals surface area contributed by atoms with Gasteiger partial charge < -0.3 is 47.1 Å². The summed E-state index contributed by atoms with van der Waals surface area (Å²) in [5.41, 5.74) is 0.0531. The van der Waals surface area contributed by atoms with Crippen LogP contribution in [0.4, 0.5) is 0 Å². The molecule has 4 N–H and O–H groups in total. The standard InChI is InChI=1S/C23H35N4O3PS.C22H35N4O3PS.2CH4O/c1-14(2)27(15(3)4)31(29-8-7-24-6)30-23-11-17-9-19(17)20(23)10-18(12-23)26-13-16(5)21(28)25-22(26)32;1-15(2)26(16(3)4)30(28-11-10-23-6)29-22-9-7-8-18(22)12-19(13-22)25-14-17(5)20(27)24-21(25)31;2*1-2/h13-15,17-20H,7-12H2,1-5H3,(H,25,28,32);14-16,18-19H,7-13H2,1-5H3,(H,24,27,31);2*2H,1H3/t17-,18+,19-,20+,23-,31?;18-,19+,22-,30?;;/m00../s1/i19D;8D;2*2T/tm;8-,18-,19+,22-,30?;;. The number of aryl methyl sites for hydroxylation is 2. The number of nitrogens with zero attached hydrogens (tertiary/aromatic N) is 6. The maximum Gasteiger partial charge on any atom is 0.260 e. The second kappa shape index (κ2) is 25.7. The zero-order valence-corrected chi connectivity index (χ0v) is 45.0. The Labute approximate surface area is 417 Å². The van der Waals surface area contributed by atoms with Crippen LogP contribution in [0.2, 0.25) is 0 Å². The Kier molecular flexibility index (Phi) is 19.6. The summed E-state index contributed by atoms with van der Waals surface area (Å²) in [6.45, 7) is 36.2. The van der Waals surface area contributed by atoms with Crippen LogP contribution in [0.1, 0.15) is 139 Å². The molecule has 0 spiro atoms. The molecule has 2 aromatic heterocycles. The van der Waals surface area contributed by atoms with Crippen LogP contribution in [0.5, 0.6) is 0 Å². The highest BCUT2D eigenvalue weighted by Crippen LogP contribution is 2.71. The van der Waals surface area contributed by atoms with E-state index in [1.807, 2.05) is 21.5 Å². The normalized spacial score (nSPS) is 30.6. The van der Waals surface area contributed by atoms with Gasteiger partial charge in [0.15, 0.2) is 9.54 Å². The number of hydrogen-bond donors (Lipinski definition) is 4. The summed E-state index contributed by atoms with van der Waals surface area (Å²) in [5, 5.41) is 7.00. The second-order valence-electron chi connectivity index (χ2n) is 19.1. The Morgan fingerprint density at radius 3 is 1.70 bits per heavy atom. The van der Waals surface area contributed by atoms with Crippen LogP contribution < -0.4 is 11.1 Å². The van der Waals surface area contributed by atoms with Crippen LogP contribution in [0.3, 0.4) is 0 Å². The molecule has 20 heteroatoms. The van der Waals surface area contributed by atoms with Crippen molar-refractivity contribution in [3.8, 4) is 0 Å². The summed E-state index contributed by atoms with van der Waals surface area (Å²) >= 11 is 11.0. The Morgan fingerprint density at radius 1 is 0.821 bits per heavy atom. The van der Waals surface area contributed by atoms with Crippen molar-refractivity contribution in [3.63, 3.8) is 0 Å². The van der Waals surface area contributed by atoms with E-state index in [-0.39, 0.29) is 65.6 Å². The molecule has 2 unspecified atom stereocenters. The molecule has 7 rings (SSSR count). The van der Waals surface area contributed by atoms with Gasteiger partial charge in [-0.05, 0) is 169 Å². The predicted molar refractivity (Wildman–Crippen MR) is 272 cm³/mol. The van der Waals surface area contributed by atoms with Gasteiger partial charge in [0.1, 0.15) is 13.2 Å². The quantitative estimate of drug-likeness (QED) is 0.0484. The summed E-state index contributed by atoms with van der Waals surface area (Å²) in [7, 11) is -0.177. The number of aromatic amines is 2. The first-order valence-electron chi connectivity index (χ1n) is 25.4. The highest BCUT2D eigenvalue weighted by Gasteiger charge is 2.66. The molecule has 5 saturated carbocycles. The van der Waals surface area contributed by atoms with E-state index in [0.717, 1.165) is 51.4 Å². The first-order chi connectivity index (χ1) is 33.4. The number of nitrogens with one attached hydrogen (secondary N) is 2. The van der Waals surface area contributed by atoms with Crippen molar-refractivity contribution in [3.05, 3.63) is 76.6 Å². The molecule has 5 aliphatic carbocycles. The summed E-state index contributed by atoms with van der Waals surface area (Å²) in [6, 6.07) is 1.06. The molecule has 2 aromatic rings. The zero-order valence-electron chi connectivity index (χ0n) is 45.6. The van der Waals surface area contributed by atoms with E-state index in [9.17, 15) is 9.59 Å². The molecule has 0 aromatic carbocycles. The van der Waals surface area contributed by atoms with Crippen molar-refractivity contribution in [1.29, 1.82) is 2.86 Å². The van der Waals surface area contributed by atoms with Crippen LogP contribution >= 0.6 is 41.5 Å². The molecule has 67 heavy (non-hydrogen) atoms. The van der Waals surface area contributed by atoms with Gasteiger partial charge in [0.2, 0.25) is 16.0 Å². The fourth-order valence-corrected chi connectivity index (χ4v) is 15.0. The highest BCUT2D eigenvalue weighted by atomic mass is 32.1. The van der Waals surface area contributed by atoms with Gasteiger partial charge in [0.25, 0.3) is 28.2 Å². The van der Waals surface area contributed by atoms with E-state index in [1.165, 1.54) is 14.2 Å². The van der Waals surface area contributed by atoms with E-state index in [1.54, 1.807) is 13.8 Å². The maximum atomic E-state index is 12.0. The average molecular weight is 1020 g/mol. The number of aliphatic hydroxyl groups excluding tert-OH is 2. The lowest BCUT2D eigenvalue weighted by Gasteiger charge is -2.42. The molecular weight excluding hydrogens is 931 g/mol. The lowest BCUT2D eigenvalue weighted by Crippen LogP contribution is -2.39. The molecule has 0 amide bonds. The number of rotatable bonds is 18. The largest absolute Gasteiger partial charge is 0.400 e. The summed E-state index contributed by atoms with van der Waals surface area (Å²) in [4.78, 5) is 36.4. The number of H-pyrrole nitrogens is 2. The van der Waals surface area contributed by atoms with E-state index >= 15 is 0 Å². The first-order valence-corrected chi connectivity index (χ1v) is 26.5. The Morgan fingerprint density at radius 2 is 1.25 bits per heavy atom. The number of aromatic nitrogens is 4. The van der Waals surface area contributed by atoms with Crippen LogP contribution in [0.25, 0.3) is 9.69 Å². The van der Waals surface area contributed by atoms with Crippen molar-refractivity contribution in [2.45, 2.75) is 174 Å². The fourth-order valence-electron chi connectivity index (χ4n) is 10.7. The Hall–Kier alpha value is -2.28. The van der Waals surface area contributed by atoms with Crippen molar-refractivity contribution < 1.29 is 31.1 Å². The lowest BCUT2D eigenvalue weighted by molar-refractivity contribution is 0.0137. The van der Waals surface area contributed by atoms with Crippen LogP contribution in [-0.2, 0) is 18.1 Å². The van der Waals surface area contributed by atoms with Crippen molar-refractivity contribution in [2.24, 2.45) is 23.6 Å². The van der Waals surface area contributed by atoms with Gasteiger partial charge in [-0.15, -0.1) is 0 Å². The lowest BCUT2D eigenvalue weighted by atomic mass is 9.90. The van der Waals surface area contributed by atoms with Gasteiger partial charge in [-0.25, -0.2) is 22.5 Å². The van der Waals surface area contributed by atoms with E-state index in [2.05, 4.69) is 94.6 Å². The van der Waals surface area contributed by atoms with E-state index in [4.69, 9.17) is 61.3 Å². The second-order valence-corrected chi connectivity index (χ2v) is 22.6. The van der Waals surface area contributed by atoms with Crippen molar-refractivity contribution in [2.75, 3.05) is 40.5 Å². The van der Waals surface area contributed by atoms with Gasteiger partial charge in [-0.1, -0.05) is 6.42 Å². The first kappa shape index (κ1) is 51.1. The molecule has 0 radical (unpaired) electrons.